The number of alkyl halides is 1. The van der Waals surface area contributed by atoms with E-state index in [0.29, 0.717) is 5.75 Å². The van der Waals surface area contributed by atoms with E-state index in [0.717, 1.165) is 45.8 Å². The summed E-state index contributed by atoms with van der Waals surface area (Å²) in [5.41, 5.74) is 7.11. The van der Waals surface area contributed by atoms with Crippen LogP contribution in [-0.4, -0.2) is 31.8 Å². The minimum absolute atomic E-state index is 0.0649. The van der Waals surface area contributed by atoms with Crippen molar-refractivity contribution in [2.24, 2.45) is 9.98 Å². The molecule has 0 bridgehead atoms. The molecule has 3 nitrogen and oxygen atoms in total. The zero-order valence-electron chi connectivity index (χ0n) is 17.4. The van der Waals surface area contributed by atoms with Gasteiger partial charge in [0.2, 0.25) is 0 Å². The molecule has 1 aromatic rings. The summed E-state index contributed by atoms with van der Waals surface area (Å²) < 4.78 is 17.6. The first-order valence-corrected chi connectivity index (χ1v) is 9.09. The van der Waals surface area contributed by atoms with Crippen molar-refractivity contribution in [3.8, 4) is 5.75 Å². The van der Waals surface area contributed by atoms with Gasteiger partial charge < -0.3 is 4.74 Å². The van der Waals surface area contributed by atoms with Crippen molar-refractivity contribution in [2.75, 3.05) is 20.3 Å². The van der Waals surface area contributed by atoms with Gasteiger partial charge in [-0.25, -0.2) is 4.39 Å². The van der Waals surface area contributed by atoms with E-state index >= 15 is 0 Å². The molecule has 1 rings (SSSR count). The number of rotatable bonds is 9. The van der Waals surface area contributed by atoms with Crippen molar-refractivity contribution in [2.45, 2.75) is 41.0 Å². The molecule has 146 valence electrons. The normalized spacial score (nSPS) is 14.1. The Morgan fingerprint density at radius 2 is 1.74 bits per heavy atom. The highest BCUT2D eigenvalue weighted by molar-refractivity contribution is 6.01. The number of benzene rings is 1. The lowest BCUT2D eigenvalue weighted by Crippen LogP contribution is -2.01. The van der Waals surface area contributed by atoms with E-state index in [2.05, 4.69) is 18.5 Å². The Hall–Kier alpha value is -2.49. The van der Waals surface area contributed by atoms with Gasteiger partial charge >= 0.3 is 0 Å². The smallest absolute Gasteiger partial charge is 0.123 e. The molecule has 0 N–H and O–H groups in total. The van der Waals surface area contributed by atoms with Crippen LogP contribution in [0.1, 0.15) is 46.6 Å². The van der Waals surface area contributed by atoms with E-state index in [1.807, 2.05) is 58.0 Å². The largest absolute Gasteiger partial charge is 0.491 e. The van der Waals surface area contributed by atoms with Gasteiger partial charge in [-0.05, 0) is 70.0 Å². The molecule has 0 aromatic heterocycles. The Kier molecular flexibility index (Phi) is 9.41. The molecule has 0 saturated carbocycles. The second-order valence-electron chi connectivity index (χ2n) is 6.70. The highest BCUT2D eigenvalue weighted by Crippen LogP contribution is 2.26. The topological polar surface area (TPSA) is 34.0 Å². The van der Waals surface area contributed by atoms with E-state index < -0.39 is 6.67 Å². The predicted molar refractivity (Wildman–Crippen MR) is 116 cm³/mol. The van der Waals surface area contributed by atoms with Gasteiger partial charge in [0.15, 0.2) is 0 Å². The maximum Gasteiger partial charge on any atom is 0.123 e. The third kappa shape index (κ3) is 7.73. The Morgan fingerprint density at radius 3 is 2.26 bits per heavy atom. The minimum atomic E-state index is -0.501. The zero-order chi connectivity index (χ0) is 20.4. The third-order valence-corrected chi connectivity index (χ3v) is 4.09. The minimum Gasteiger partial charge on any atom is -0.491 e. The Bertz CT molecular complexity index is 768. The van der Waals surface area contributed by atoms with Crippen molar-refractivity contribution < 1.29 is 9.13 Å². The van der Waals surface area contributed by atoms with Gasteiger partial charge in [-0.2, -0.15) is 0 Å². The van der Waals surface area contributed by atoms with Crippen LogP contribution in [0.5, 0.6) is 5.75 Å². The van der Waals surface area contributed by atoms with E-state index in [4.69, 9.17) is 9.73 Å². The number of halogens is 1. The number of hydrogen-bond donors (Lipinski definition) is 0. The summed E-state index contributed by atoms with van der Waals surface area (Å²) in [4.78, 5) is 9.17. The molecule has 0 saturated heterocycles. The van der Waals surface area contributed by atoms with Crippen molar-refractivity contribution in [1.82, 2.24) is 0 Å². The quantitative estimate of drug-likeness (QED) is 0.375. The van der Waals surface area contributed by atoms with Crippen LogP contribution in [-0.2, 0) is 0 Å². The first kappa shape index (κ1) is 22.6. The fourth-order valence-corrected chi connectivity index (χ4v) is 2.55. The number of nitrogens with zero attached hydrogens (tertiary/aromatic N) is 2. The maximum atomic E-state index is 12.3. The van der Waals surface area contributed by atoms with Crippen LogP contribution in [0.15, 0.2) is 63.6 Å². The van der Waals surface area contributed by atoms with Gasteiger partial charge in [-0.3, -0.25) is 9.98 Å². The summed E-state index contributed by atoms with van der Waals surface area (Å²) in [7, 11) is 1.80. The van der Waals surface area contributed by atoms with Gasteiger partial charge in [0.05, 0.1) is 5.70 Å². The van der Waals surface area contributed by atoms with Crippen molar-refractivity contribution in [3.05, 3.63) is 59.2 Å². The van der Waals surface area contributed by atoms with Crippen molar-refractivity contribution in [3.63, 3.8) is 0 Å². The number of allylic oxidation sites excluding steroid dienone is 4. The molecule has 0 heterocycles. The van der Waals surface area contributed by atoms with Crippen molar-refractivity contribution in [1.29, 1.82) is 0 Å². The Balaban J connectivity index is 3.34. The molecule has 0 atom stereocenters. The van der Waals surface area contributed by atoms with E-state index in [9.17, 15) is 4.39 Å². The highest BCUT2D eigenvalue weighted by Gasteiger charge is 2.09. The highest BCUT2D eigenvalue weighted by atomic mass is 19.1. The summed E-state index contributed by atoms with van der Waals surface area (Å²) >= 11 is 0. The van der Waals surface area contributed by atoms with Gasteiger partial charge in [-0.15, -0.1) is 0 Å². The van der Waals surface area contributed by atoms with Crippen LogP contribution in [0.2, 0.25) is 0 Å². The van der Waals surface area contributed by atoms with Crippen LogP contribution in [0.25, 0.3) is 5.70 Å². The summed E-state index contributed by atoms with van der Waals surface area (Å²) in [6, 6.07) is 7.61. The third-order valence-electron chi connectivity index (χ3n) is 4.09. The monoisotopic (exact) mass is 370 g/mol. The van der Waals surface area contributed by atoms with Crippen LogP contribution >= 0.6 is 0 Å². The number of hydrogen-bond acceptors (Lipinski definition) is 3. The fraction of sp³-hybridized carbons (Fsp3) is 0.391. The lowest BCUT2D eigenvalue weighted by Gasteiger charge is -2.12. The predicted octanol–water partition coefficient (Wildman–Crippen LogP) is 6.23. The molecule has 0 aliphatic carbocycles. The Labute approximate surface area is 163 Å². The van der Waals surface area contributed by atoms with Crippen LogP contribution in [0.4, 0.5) is 4.39 Å². The summed E-state index contributed by atoms with van der Waals surface area (Å²) in [5.74, 6) is 0.652. The van der Waals surface area contributed by atoms with Crippen molar-refractivity contribution >= 4 is 17.1 Å². The molecule has 0 aliphatic rings. The standard InChI is InChI=1S/C23H31FN2O/c1-16(2)14-17(3)20(6)26-23(18(4)15-19(5)25-7)21-8-10-22(11-9-21)27-13-12-24/h8-11,14H,1,12-13,15H2,2-7H3/b17-14-,23-18+,25-19?,26-20-. The summed E-state index contributed by atoms with van der Waals surface area (Å²) in [6.07, 6.45) is 2.78. The average molecular weight is 371 g/mol. The zero-order valence-corrected chi connectivity index (χ0v) is 17.4. The van der Waals surface area contributed by atoms with Gasteiger partial charge in [0, 0.05) is 30.5 Å². The van der Waals surface area contributed by atoms with Gasteiger partial charge in [-0.1, -0.05) is 18.2 Å². The molecular formula is C23H31FN2O. The SMILES string of the molecule is C=C(C)\C=C(C)/C(C)=N\C(=C(/C)CC(C)=NC)c1ccc(OCCF)cc1. The van der Waals surface area contributed by atoms with Crippen LogP contribution in [0.3, 0.4) is 0 Å². The fourth-order valence-electron chi connectivity index (χ4n) is 2.55. The summed E-state index contributed by atoms with van der Waals surface area (Å²) in [5, 5.41) is 0. The molecule has 27 heavy (non-hydrogen) atoms. The number of ether oxygens (including phenoxy) is 1. The molecular weight excluding hydrogens is 339 g/mol. The maximum absolute atomic E-state index is 12.3. The average Bonchev–Trinajstić information content (AvgIpc) is 2.63. The van der Waals surface area contributed by atoms with E-state index in [1.165, 1.54) is 0 Å². The first-order chi connectivity index (χ1) is 12.8. The second kappa shape index (κ2) is 11.3. The molecule has 0 amide bonds. The molecule has 0 fully saturated rings. The second-order valence-corrected chi connectivity index (χ2v) is 6.70. The van der Waals surface area contributed by atoms with Gasteiger partial charge in [0.1, 0.15) is 19.0 Å². The Morgan fingerprint density at radius 1 is 1.11 bits per heavy atom. The lowest BCUT2D eigenvalue weighted by molar-refractivity contribution is 0.273. The molecule has 0 radical (unpaired) electrons. The molecule has 0 unspecified atom stereocenters. The molecule has 0 aliphatic heterocycles. The van der Waals surface area contributed by atoms with Crippen LogP contribution in [0, 0.1) is 0 Å². The molecule has 4 heteroatoms. The molecule has 0 spiro atoms. The first-order valence-electron chi connectivity index (χ1n) is 9.09. The van der Waals surface area contributed by atoms with E-state index in [-0.39, 0.29) is 6.61 Å². The van der Waals surface area contributed by atoms with Crippen LogP contribution < -0.4 is 4.74 Å². The van der Waals surface area contributed by atoms with Gasteiger partial charge in [0.25, 0.3) is 0 Å². The summed E-state index contributed by atoms with van der Waals surface area (Å²) in [6.45, 7) is 13.6. The van der Waals surface area contributed by atoms with E-state index in [1.54, 1.807) is 7.05 Å². The lowest BCUT2D eigenvalue weighted by atomic mass is 10.0. The number of aliphatic imine (C=N–C) groups is 2. The molecule has 1 aromatic carbocycles.